The quantitative estimate of drug-likeness (QED) is 0.207. The first-order chi connectivity index (χ1) is 26.9. The molecule has 6 aliphatic carbocycles. The first-order valence-corrected chi connectivity index (χ1v) is 23.9. The molecule has 2 spiro atoms. The van der Waals surface area contributed by atoms with Gasteiger partial charge in [0.1, 0.15) is 6.10 Å². The van der Waals surface area contributed by atoms with E-state index in [1.807, 2.05) is 20.8 Å². The van der Waals surface area contributed by atoms with Gasteiger partial charge in [-0.05, 0) is 98.2 Å². The Kier molecular flexibility index (Phi) is 10.5. The molecule has 0 radical (unpaired) electrons. The molecule has 0 aromatic rings. The van der Waals surface area contributed by atoms with E-state index in [9.17, 15) is 27.6 Å². The zero-order valence-electron chi connectivity index (χ0n) is 35.0. The van der Waals surface area contributed by atoms with E-state index in [0.717, 1.165) is 64.2 Å². The molecule has 0 bridgehead atoms. The van der Waals surface area contributed by atoms with E-state index in [1.165, 1.54) is 0 Å². The van der Waals surface area contributed by atoms with E-state index < -0.39 is 56.1 Å². The standard InChI is InChI=1S/C44H67N3O9S/c1-40(2,3)31(22-34(48)36(28-10-7-6-8-11-28)45-39(52)56-29-16-20-55-21-17-29)37(50)47-26-44(41(4,5)43(44)18-9-19-43)24-33(47)35(49)25-42(23-32(42)27-12-13-27)38(51)46-57(53,54)30-14-15-30/h27-33,36H,6-26H2,1-5H3,(H,45,52)(H,46,51)/t31-,32+,33+,36+,42-,44-/m1/s1. The number of fused-ring (bicyclic) bond motifs is 1. The molecule has 8 fully saturated rings. The summed E-state index contributed by atoms with van der Waals surface area (Å²) in [7, 11) is -3.79. The van der Waals surface area contributed by atoms with Gasteiger partial charge in [-0.15, -0.1) is 0 Å². The van der Waals surface area contributed by atoms with Gasteiger partial charge in [0.25, 0.3) is 0 Å². The molecule has 2 heterocycles. The molecule has 8 aliphatic rings. The van der Waals surface area contributed by atoms with Crippen molar-refractivity contribution >= 4 is 39.5 Å². The molecule has 2 N–H and O–H groups in total. The van der Waals surface area contributed by atoms with Crippen molar-refractivity contribution in [3.8, 4) is 0 Å². The minimum atomic E-state index is -3.79. The fourth-order valence-electron chi connectivity index (χ4n) is 12.6. The maximum absolute atomic E-state index is 15.3. The van der Waals surface area contributed by atoms with Crippen molar-refractivity contribution in [2.75, 3.05) is 19.8 Å². The van der Waals surface area contributed by atoms with Gasteiger partial charge in [-0.2, -0.15) is 0 Å². The SMILES string of the molecule is CC(C)(C)[C@H](CC(=O)[C@@H](NC(=O)OC1CCOCC1)C1CCCCC1)C(=O)N1C[C@]2(C[C@H]1C(=O)C[C@]1(C(=O)NS(=O)(=O)C3CC3)C[C@H]1C1CC1)C(C)(C)C21CCC1. The number of sulfonamides is 1. The lowest BCUT2D eigenvalue weighted by atomic mass is 9.73. The normalized spacial score (nSPS) is 33.2. The molecule has 8 rings (SSSR count). The van der Waals surface area contributed by atoms with Crippen LogP contribution in [0.5, 0.6) is 0 Å². The smallest absolute Gasteiger partial charge is 0.408 e. The van der Waals surface area contributed by atoms with E-state index in [4.69, 9.17) is 9.47 Å². The van der Waals surface area contributed by atoms with Gasteiger partial charge in [0.2, 0.25) is 21.8 Å². The predicted octanol–water partition coefficient (Wildman–Crippen LogP) is 6.24. The minimum absolute atomic E-state index is 0.0342. The average molecular weight is 814 g/mol. The Morgan fingerprint density at radius 2 is 1.53 bits per heavy atom. The molecule has 6 atom stereocenters. The minimum Gasteiger partial charge on any atom is -0.446 e. The van der Waals surface area contributed by atoms with Gasteiger partial charge in [0.05, 0.1) is 36.0 Å². The topological polar surface area (TPSA) is 165 Å². The Balaban J connectivity index is 1.05. The van der Waals surface area contributed by atoms with Crippen molar-refractivity contribution in [2.24, 2.45) is 50.7 Å². The summed E-state index contributed by atoms with van der Waals surface area (Å²) in [5.41, 5.74) is -2.00. The van der Waals surface area contributed by atoms with Crippen LogP contribution in [0.2, 0.25) is 0 Å². The zero-order valence-corrected chi connectivity index (χ0v) is 35.8. The monoisotopic (exact) mass is 813 g/mol. The lowest BCUT2D eigenvalue weighted by molar-refractivity contribution is -0.146. The predicted molar refractivity (Wildman–Crippen MR) is 212 cm³/mol. The summed E-state index contributed by atoms with van der Waals surface area (Å²) < 4.78 is 39.5. The Morgan fingerprint density at radius 3 is 2.09 bits per heavy atom. The van der Waals surface area contributed by atoms with Crippen LogP contribution in [-0.2, 0) is 38.7 Å². The summed E-state index contributed by atoms with van der Waals surface area (Å²) in [6.45, 7) is 11.9. The van der Waals surface area contributed by atoms with Crippen LogP contribution in [0.25, 0.3) is 0 Å². The number of ketones is 2. The Morgan fingerprint density at radius 1 is 0.860 bits per heavy atom. The van der Waals surface area contributed by atoms with Gasteiger partial charge in [-0.1, -0.05) is 60.3 Å². The van der Waals surface area contributed by atoms with E-state index in [-0.39, 0.29) is 64.5 Å². The van der Waals surface area contributed by atoms with Crippen LogP contribution in [0.3, 0.4) is 0 Å². The van der Waals surface area contributed by atoms with Crippen molar-refractivity contribution in [2.45, 2.75) is 174 Å². The second-order valence-electron chi connectivity index (χ2n) is 21.3. The number of likely N-dealkylation sites (tertiary alicyclic amines) is 1. The van der Waals surface area contributed by atoms with Crippen molar-refractivity contribution in [1.82, 2.24) is 14.9 Å². The molecule has 2 saturated heterocycles. The van der Waals surface area contributed by atoms with Gasteiger partial charge in [0.15, 0.2) is 11.6 Å². The molecule has 0 unspecified atom stereocenters. The van der Waals surface area contributed by atoms with E-state index >= 15 is 4.79 Å². The number of amides is 3. The molecular formula is C44H67N3O9S. The third-order valence-electron chi connectivity index (χ3n) is 16.9. The number of alkyl carbamates (subject to hydrolysis) is 1. The molecule has 0 aromatic carbocycles. The van der Waals surface area contributed by atoms with Gasteiger partial charge >= 0.3 is 6.09 Å². The van der Waals surface area contributed by atoms with E-state index in [0.29, 0.717) is 64.2 Å². The molecule has 0 aromatic heterocycles. The number of Topliss-reactive ketones (excluding diaryl/α,β-unsaturated/α-hetero) is 2. The maximum Gasteiger partial charge on any atom is 0.408 e. The molecule has 318 valence electrons. The van der Waals surface area contributed by atoms with Crippen LogP contribution < -0.4 is 10.0 Å². The highest BCUT2D eigenvalue weighted by atomic mass is 32.2. The molecule has 6 saturated carbocycles. The van der Waals surface area contributed by atoms with Crippen LogP contribution in [0.1, 0.15) is 150 Å². The summed E-state index contributed by atoms with van der Waals surface area (Å²) >= 11 is 0. The van der Waals surface area contributed by atoms with Gasteiger partial charge in [0, 0.05) is 43.6 Å². The highest BCUT2D eigenvalue weighted by Crippen LogP contribution is 2.88. The molecule has 12 nitrogen and oxygen atoms in total. The van der Waals surface area contributed by atoms with E-state index in [1.54, 1.807) is 4.90 Å². The van der Waals surface area contributed by atoms with Crippen molar-refractivity contribution in [3.05, 3.63) is 0 Å². The van der Waals surface area contributed by atoms with Crippen molar-refractivity contribution in [1.29, 1.82) is 0 Å². The zero-order chi connectivity index (χ0) is 40.8. The molecular weight excluding hydrogens is 747 g/mol. The second kappa shape index (κ2) is 14.6. The maximum atomic E-state index is 15.3. The third kappa shape index (κ3) is 7.28. The number of nitrogens with zero attached hydrogens (tertiary/aromatic N) is 1. The Bertz CT molecular complexity index is 1750. The van der Waals surface area contributed by atoms with Gasteiger partial charge in [-0.25, -0.2) is 13.2 Å². The number of nitrogens with one attached hydrogen (secondary N) is 2. The first kappa shape index (κ1) is 41.2. The molecule has 57 heavy (non-hydrogen) atoms. The summed E-state index contributed by atoms with van der Waals surface area (Å²) in [6, 6.07) is -1.54. The molecule has 3 amide bonds. The fraction of sp³-hybridized carbons (Fsp3) is 0.886. The average Bonchev–Trinajstić information content (AvgIpc) is 3.97. The van der Waals surface area contributed by atoms with Gasteiger partial charge < -0.3 is 19.7 Å². The van der Waals surface area contributed by atoms with Crippen molar-refractivity contribution < 1.29 is 41.9 Å². The number of rotatable bonds is 14. The first-order valence-electron chi connectivity index (χ1n) is 22.3. The highest BCUT2D eigenvalue weighted by molar-refractivity contribution is 7.90. The van der Waals surface area contributed by atoms with Crippen LogP contribution in [0.15, 0.2) is 0 Å². The van der Waals surface area contributed by atoms with Crippen molar-refractivity contribution in [3.63, 3.8) is 0 Å². The Hall–Kier alpha value is -2.54. The fourth-order valence-corrected chi connectivity index (χ4v) is 13.9. The van der Waals surface area contributed by atoms with Crippen LogP contribution >= 0.6 is 0 Å². The van der Waals surface area contributed by atoms with Crippen LogP contribution in [-0.4, -0.2) is 86.0 Å². The number of hydrogen-bond acceptors (Lipinski definition) is 9. The molecule has 2 aliphatic heterocycles. The van der Waals surface area contributed by atoms with E-state index in [2.05, 4.69) is 23.9 Å². The molecule has 13 heteroatoms. The second-order valence-corrected chi connectivity index (χ2v) is 23.2. The largest absolute Gasteiger partial charge is 0.446 e. The Labute approximate surface area is 339 Å². The lowest BCUT2D eigenvalue weighted by Crippen LogP contribution is -2.51. The summed E-state index contributed by atoms with van der Waals surface area (Å²) in [5, 5.41) is 2.42. The summed E-state index contributed by atoms with van der Waals surface area (Å²) in [5.74, 6) is -1.66. The lowest BCUT2D eigenvalue weighted by Gasteiger charge is -2.37. The summed E-state index contributed by atoms with van der Waals surface area (Å²) in [6.07, 6.45) is 12.1. The number of ether oxygens (including phenoxy) is 2. The summed E-state index contributed by atoms with van der Waals surface area (Å²) in [4.78, 5) is 73.8. The highest BCUT2D eigenvalue weighted by Gasteiger charge is 2.85. The number of carbonyl (C=O) groups excluding carboxylic acids is 5. The van der Waals surface area contributed by atoms with Crippen LogP contribution in [0, 0.1) is 50.7 Å². The van der Waals surface area contributed by atoms with Gasteiger partial charge in [-0.3, -0.25) is 23.9 Å². The van der Waals surface area contributed by atoms with Crippen LogP contribution in [0.4, 0.5) is 4.79 Å². The third-order valence-corrected chi connectivity index (χ3v) is 18.7. The number of carbonyl (C=O) groups is 5. The number of hydrogen-bond donors (Lipinski definition) is 2.